The minimum absolute atomic E-state index is 0.942. The standard InChI is InChI=1S/C15H15NO/c1-10-7-8-11-13(9-10)16(2)12-5-4-6-14(17-3)15(11)12/h4-9H,1-3H3. The highest BCUT2D eigenvalue weighted by Crippen LogP contribution is 2.34. The molecule has 0 unspecified atom stereocenters. The van der Waals surface area contributed by atoms with Crippen molar-refractivity contribution in [3.8, 4) is 5.75 Å². The molecule has 0 aliphatic heterocycles. The van der Waals surface area contributed by atoms with Crippen molar-refractivity contribution in [3.63, 3.8) is 0 Å². The molecule has 3 aromatic rings. The van der Waals surface area contributed by atoms with Crippen molar-refractivity contribution in [1.29, 1.82) is 0 Å². The van der Waals surface area contributed by atoms with Gasteiger partial charge in [0.2, 0.25) is 0 Å². The second-order valence-electron chi connectivity index (χ2n) is 4.43. The average molecular weight is 225 g/mol. The number of methoxy groups -OCH3 is 1. The molecular formula is C15H15NO. The quantitative estimate of drug-likeness (QED) is 0.616. The van der Waals surface area contributed by atoms with Crippen LogP contribution in [0.25, 0.3) is 21.8 Å². The predicted molar refractivity (Wildman–Crippen MR) is 71.7 cm³/mol. The number of benzene rings is 2. The zero-order chi connectivity index (χ0) is 12.0. The third-order valence-electron chi connectivity index (χ3n) is 3.37. The Morgan fingerprint density at radius 2 is 1.88 bits per heavy atom. The molecule has 0 saturated heterocycles. The van der Waals surface area contributed by atoms with Gasteiger partial charge >= 0.3 is 0 Å². The Labute approximate surface area is 100 Å². The van der Waals surface area contributed by atoms with Crippen LogP contribution in [0.4, 0.5) is 0 Å². The lowest BCUT2D eigenvalue weighted by Crippen LogP contribution is -1.87. The average Bonchev–Trinajstić information content (AvgIpc) is 2.63. The van der Waals surface area contributed by atoms with Crippen LogP contribution in [0, 0.1) is 6.92 Å². The molecule has 0 bridgehead atoms. The fourth-order valence-corrected chi connectivity index (χ4v) is 2.50. The summed E-state index contributed by atoms with van der Waals surface area (Å²) in [5.74, 6) is 0.942. The van der Waals surface area contributed by atoms with Gasteiger partial charge in [0.25, 0.3) is 0 Å². The second-order valence-corrected chi connectivity index (χ2v) is 4.43. The van der Waals surface area contributed by atoms with E-state index in [1.165, 1.54) is 27.4 Å². The van der Waals surface area contributed by atoms with Gasteiger partial charge in [0, 0.05) is 23.3 Å². The summed E-state index contributed by atoms with van der Waals surface area (Å²) in [5, 5.41) is 2.46. The number of hydrogen-bond acceptors (Lipinski definition) is 1. The minimum Gasteiger partial charge on any atom is -0.496 e. The van der Waals surface area contributed by atoms with Gasteiger partial charge in [-0.05, 0) is 30.7 Å². The Hall–Kier alpha value is -1.96. The van der Waals surface area contributed by atoms with Crippen molar-refractivity contribution < 1.29 is 4.74 Å². The zero-order valence-electron chi connectivity index (χ0n) is 10.3. The van der Waals surface area contributed by atoms with Crippen molar-refractivity contribution in [1.82, 2.24) is 4.57 Å². The highest BCUT2D eigenvalue weighted by molar-refractivity contribution is 6.11. The smallest absolute Gasteiger partial charge is 0.128 e. The molecule has 1 aromatic heterocycles. The Bertz CT molecular complexity index is 710. The maximum atomic E-state index is 5.47. The minimum atomic E-state index is 0.942. The molecular weight excluding hydrogens is 210 g/mol. The van der Waals surface area contributed by atoms with Crippen molar-refractivity contribution in [3.05, 3.63) is 42.0 Å². The van der Waals surface area contributed by atoms with Crippen LogP contribution in [-0.2, 0) is 7.05 Å². The fraction of sp³-hybridized carbons (Fsp3) is 0.200. The van der Waals surface area contributed by atoms with Crippen LogP contribution in [0.3, 0.4) is 0 Å². The van der Waals surface area contributed by atoms with Crippen molar-refractivity contribution in [2.24, 2.45) is 7.05 Å². The number of aromatic nitrogens is 1. The van der Waals surface area contributed by atoms with Crippen molar-refractivity contribution in [2.45, 2.75) is 6.92 Å². The molecule has 0 radical (unpaired) electrons. The van der Waals surface area contributed by atoms with E-state index in [2.05, 4.69) is 42.8 Å². The van der Waals surface area contributed by atoms with E-state index in [4.69, 9.17) is 4.74 Å². The lowest BCUT2D eigenvalue weighted by molar-refractivity contribution is 0.420. The molecule has 1 heterocycles. The molecule has 0 N–H and O–H groups in total. The number of rotatable bonds is 1. The summed E-state index contributed by atoms with van der Waals surface area (Å²) in [6, 6.07) is 12.7. The largest absolute Gasteiger partial charge is 0.496 e. The fourth-order valence-electron chi connectivity index (χ4n) is 2.50. The van der Waals surface area contributed by atoms with Crippen LogP contribution in [0.1, 0.15) is 5.56 Å². The van der Waals surface area contributed by atoms with Gasteiger partial charge in [0.1, 0.15) is 5.75 Å². The van der Waals surface area contributed by atoms with Crippen molar-refractivity contribution in [2.75, 3.05) is 7.11 Å². The van der Waals surface area contributed by atoms with E-state index >= 15 is 0 Å². The van der Waals surface area contributed by atoms with E-state index in [1.807, 2.05) is 12.1 Å². The van der Waals surface area contributed by atoms with E-state index in [9.17, 15) is 0 Å². The molecule has 0 amide bonds. The van der Waals surface area contributed by atoms with Crippen LogP contribution in [0.5, 0.6) is 5.75 Å². The number of nitrogens with zero attached hydrogens (tertiary/aromatic N) is 1. The van der Waals surface area contributed by atoms with Gasteiger partial charge in [-0.25, -0.2) is 0 Å². The summed E-state index contributed by atoms with van der Waals surface area (Å²) in [4.78, 5) is 0. The highest BCUT2D eigenvalue weighted by atomic mass is 16.5. The van der Waals surface area contributed by atoms with Gasteiger partial charge < -0.3 is 9.30 Å². The zero-order valence-corrected chi connectivity index (χ0v) is 10.3. The molecule has 17 heavy (non-hydrogen) atoms. The van der Waals surface area contributed by atoms with Crippen LogP contribution in [0.15, 0.2) is 36.4 Å². The van der Waals surface area contributed by atoms with Crippen LogP contribution in [0.2, 0.25) is 0 Å². The summed E-state index contributed by atoms with van der Waals surface area (Å²) in [7, 11) is 3.82. The van der Waals surface area contributed by atoms with Gasteiger partial charge in [0.15, 0.2) is 0 Å². The Morgan fingerprint density at radius 3 is 2.65 bits per heavy atom. The van der Waals surface area contributed by atoms with Crippen LogP contribution in [-0.4, -0.2) is 11.7 Å². The first-order valence-corrected chi connectivity index (χ1v) is 5.74. The van der Waals surface area contributed by atoms with Gasteiger partial charge in [0.05, 0.1) is 12.6 Å². The summed E-state index contributed by atoms with van der Waals surface area (Å²) < 4.78 is 7.69. The molecule has 3 rings (SSSR count). The molecule has 86 valence electrons. The van der Waals surface area contributed by atoms with Crippen LogP contribution >= 0.6 is 0 Å². The van der Waals surface area contributed by atoms with Gasteiger partial charge in [-0.15, -0.1) is 0 Å². The van der Waals surface area contributed by atoms with E-state index in [0.717, 1.165) is 5.75 Å². The molecule has 2 heteroatoms. The normalized spacial score (nSPS) is 11.2. The third-order valence-corrected chi connectivity index (χ3v) is 3.37. The first-order valence-electron chi connectivity index (χ1n) is 5.74. The Morgan fingerprint density at radius 1 is 1.06 bits per heavy atom. The Balaban J connectivity index is 2.59. The van der Waals surface area contributed by atoms with E-state index in [1.54, 1.807) is 7.11 Å². The summed E-state index contributed by atoms with van der Waals surface area (Å²) in [6.07, 6.45) is 0. The maximum absolute atomic E-state index is 5.47. The van der Waals surface area contributed by atoms with Gasteiger partial charge in [-0.3, -0.25) is 0 Å². The van der Waals surface area contributed by atoms with E-state index < -0.39 is 0 Å². The predicted octanol–water partition coefficient (Wildman–Crippen LogP) is 3.65. The summed E-state index contributed by atoms with van der Waals surface area (Å²) >= 11 is 0. The first kappa shape index (κ1) is 10.2. The lowest BCUT2D eigenvalue weighted by atomic mass is 10.1. The summed E-state index contributed by atoms with van der Waals surface area (Å²) in [5.41, 5.74) is 3.75. The molecule has 0 atom stereocenters. The monoisotopic (exact) mass is 225 g/mol. The molecule has 0 saturated carbocycles. The van der Waals surface area contributed by atoms with Gasteiger partial charge in [-0.1, -0.05) is 18.2 Å². The number of hydrogen-bond donors (Lipinski definition) is 0. The molecule has 0 fully saturated rings. The Kier molecular flexibility index (Phi) is 2.11. The topological polar surface area (TPSA) is 14.2 Å². The number of fused-ring (bicyclic) bond motifs is 3. The number of ether oxygens (including phenoxy) is 1. The van der Waals surface area contributed by atoms with Gasteiger partial charge in [-0.2, -0.15) is 0 Å². The second kappa shape index (κ2) is 3.52. The maximum Gasteiger partial charge on any atom is 0.128 e. The lowest BCUT2D eigenvalue weighted by Gasteiger charge is -2.02. The highest BCUT2D eigenvalue weighted by Gasteiger charge is 2.11. The molecule has 2 aromatic carbocycles. The van der Waals surface area contributed by atoms with Crippen LogP contribution < -0.4 is 4.74 Å². The summed E-state index contributed by atoms with van der Waals surface area (Å²) in [6.45, 7) is 2.12. The molecule has 0 spiro atoms. The third kappa shape index (κ3) is 1.34. The number of aryl methyl sites for hydroxylation is 2. The SMILES string of the molecule is COc1cccc2c1c1ccc(C)cc1n2C. The molecule has 2 nitrogen and oxygen atoms in total. The van der Waals surface area contributed by atoms with E-state index in [-0.39, 0.29) is 0 Å². The first-order chi connectivity index (χ1) is 8.22. The van der Waals surface area contributed by atoms with Crippen molar-refractivity contribution >= 4 is 21.8 Å². The molecule has 0 aliphatic carbocycles. The molecule has 0 aliphatic rings. The van der Waals surface area contributed by atoms with E-state index in [0.29, 0.717) is 0 Å².